The third-order valence-electron chi connectivity index (χ3n) is 5.29. The largest absolute Gasteiger partial charge is 0.444 e. The van der Waals surface area contributed by atoms with Crippen LogP contribution in [0.4, 0.5) is 4.79 Å². The summed E-state index contributed by atoms with van der Waals surface area (Å²) >= 11 is 1.40. The molecule has 0 radical (unpaired) electrons. The molecule has 3 unspecified atom stereocenters. The van der Waals surface area contributed by atoms with E-state index in [1.54, 1.807) is 0 Å². The van der Waals surface area contributed by atoms with Gasteiger partial charge in [-0.25, -0.2) is 4.79 Å². The zero-order valence-electron chi connectivity index (χ0n) is 16.7. The molecule has 30 heavy (non-hydrogen) atoms. The van der Waals surface area contributed by atoms with Crippen molar-refractivity contribution in [3.8, 4) is 6.07 Å². The summed E-state index contributed by atoms with van der Waals surface area (Å²) < 4.78 is 4.85. The minimum Gasteiger partial charge on any atom is -0.444 e. The number of carbonyl (C=O) groups is 2. The highest BCUT2D eigenvalue weighted by Crippen LogP contribution is 2.44. The molecule has 3 N–H and O–H groups in total. The second-order valence-electron chi connectivity index (χ2n) is 7.47. The van der Waals surface area contributed by atoms with Crippen LogP contribution in [0, 0.1) is 17.2 Å². The lowest BCUT2D eigenvalue weighted by Crippen LogP contribution is -2.45. The van der Waals surface area contributed by atoms with E-state index >= 15 is 0 Å². The molecule has 2 aliphatic rings. The maximum absolute atomic E-state index is 12.6. The van der Waals surface area contributed by atoms with Crippen molar-refractivity contribution in [1.82, 2.24) is 10.2 Å². The Hall–Kier alpha value is -2.54. The Labute approximate surface area is 179 Å². The number of amides is 2. The van der Waals surface area contributed by atoms with Gasteiger partial charge in [-0.2, -0.15) is 5.26 Å². The van der Waals surface area contributed by atoms with E-state index in [2.05, 4.69) is 11.4 Å². The number of piperidine rings is 1. The van der Waals surface area contributed by atoms with Crippen molar-refractivity contribution in [3.63, 3.8) is 0 Å². The molecule has 0 bridgehead atoms. The predicted octanol–water partition coefficient (Wildman–Crippen LogP) is 1.92. The SMILES string of the molecule is CC(CC(=O)NC1=C(C#N)C2CCN(C(=O)OCC(O)O)CC2S1)c1ccccc1. The number of ether oxygens (including phenoxy) is 1. The Balaban J connectivity index is 1.58. The van der Waals surface area contributed by atoms with E-state index in [9.17, 15) is 14.9 Å². The lowest BCUT2D eigenvalue weighted by molar-refractivity contribution is -0.120. The van der Waals surface area contributed by atoms with Crippen LogP contribution in [-0.4, -0.2) is 58.3 Å². The van der Waals surface area contributed by atoms with E-state index in [0.717, 1.165) is 5.56 Å². The summed E-state index contributed by atoms with van der Waals surface area (Å²) in [6, 6.07) is 12.0. The first-order valence-corrected chi connectivity index (χ1v) is 10.7. The molecule has 3 rings (SSSR count). The molecule has 0 aliphatic carbocycles. The molecule has 8 nitrogen and oxygen atoms in total. The lowest BCUT2D eigenvalue weighted by atomic mass is 9.90. The summed E-state index contributed by atoms with van der Waals surface area (Å²) in [6.07, 6.45) is -1.43. The molecule has 2 heterocycles. The number of benzene rings is 1. The van der Waals surface area contributed by atoms with Crippen molar-refractivity contribution in [2.45, 2.75) is 37.2 Å². The molecule has 0 spiro atoms. The fraction of sp³-hybridized carbons (Fsp3) is 0.476. The Morgan fingerprint density at radius 2 is 2.10 bits per heavy atom. The summed E-state index contributed by atoms with van der Waals surface area (Å²) in [4.78, 5) is 26.1. The van der Waals surface area contributed by atoms with Gasteiger partial charge >= 0.3 is 6.09 Å². The molecule has 0 saturated carbocycles. The number of rotatable bonds is 6. The van der Waals surface area contributed by atoms with Crippen LogP contribution in [-0.2, 0) is 9.53 Å². The van der Waals surface area contributed by atoms with Crippen LogP contribution >= 0.6 is 11.8 Å². The highest BCUT2D eigenvalue weighted by Gasteiger charge is 2.41. The van der Waals surface area contributed by atoms with Crippen LogP contribution in [0.2, 0.25) is 0 Å². The molecule has 3 atom stereocenters. The van der Waals surface area contributed by atoms with E-state index < -0.39 is 19.0 Å². The second kappa shape index (κ2) is 9.98. The molecule has 1 saturated heterocycles. The third-order valence-corrected chi connectivity index (χ3v) is 6.63. The zero-order chi connectivity index (χ0) is 21.7. The van der Waals surface area contributed by atoms with Gasteiger partial charge in [0.1, 0.15) is 6.61 Å². The van der Waals surface area contributed by atoms with Crippen molar-refractivity contribution in [2.24, 2.45) is 5.92 Å². The van der Waals surface area contributed by atoms with Gasteiger partial charge < -0.3 is 25.2 Å². The fourth-order valence-corrected chi connectivity index (χ4v) is 5.23. The molecule has 9 heteroatoms. The van der Waals surface area contributed by atoms with Gasteiger partial charge in [0.25, 0.3) is 0 Å². The first-order valence-electron chi connectivity index (χ1n) is 9.82. The average Bonchev–Trinajstić information content (AvgIpc) is 3.08. The Kier molecular flexibility index (Phi) is 7.37. The van der Waals surface area contributed by atoms with Crippen molar-refractivity contribution in [1.29, 1.82) is 5.26 Å². The normalized spacial score (nSPS) is 21.8. The van der Waals surface area contributed by atoms with Gasteiger partial charge in [0, 0.05) is 30.7 Å². The first kappa shape index (κ1) is 22.2. The quantitative estimate of drug-likeness (QED) is 0.588. The molecular formula is C21H25N3O5S. The molecule has 0 aromatic heterocycles. The number of aliphatic hydroxyl groups is 2. The van der Waals surface area contributed by atoms with Gasteiger partial charge in [-0.1, -0.05) is 37.3 Å². The minimum absolute atomic E-state index is 0.0330. The number of fused-ring (bicyclic) bond motifs is 1. The van der Waals surface area contributed by atoms with Gasteiger partial charge in [-0.05, 0) is 17.9 Å². The van der Waals surface area contributed by atoms with Crippen molar-refractivity contribution in [3.05, 3.63) is 46.5 Å². The number of likely N-dealkylation sites (tertiary alicyclic amines) is 1. The summed E-state index contributed by atoms with van der Waals surface area (Å²) in [5.74, 6) is -0.124. The predicted molar refractivity (Wildman–Crippen MR) is 111 cm³/mol. The number of hydrogen-bond donors (Lipinski definition) is 3. The van der Waals surface area contributed by atoms with E-state index in [1.807, 2.05) is 37.3 Å². The number of nitrogens with one attached hydrogen (secondary N) is 1. The van der Waals surface area contributed by atoms with E-state index in [0.29, 0.717) is 36.5 Å². The van der Waals surface area contributed by atoms with Crippen LogP contribution in [0.1, 0.15) is 31.2 Å². The van der Waals surface area contributed by atoms with Gasteiger partial charge in [-0.3, -0.25) is 4.79 Å². The van der Waals surface area contributed by atoms with Crippen LogP contribution in [0.3, 0.4) is 0 Å². The maximum atomic E-state index is 12.6. The number of hydrogen-bond acceptors (Lipinski definition) is 7. The highest BCUT2D eigenvalue weighted by molar-refractivity contribution is 8.04. The molecule has 1 fully saturated rings. The molecule has 2 amide bonds. The van der Waals surface area contributed by atoms with Crippen molar-refractivity contribution >= 4 is 23.8 Å². The summed E-state index contributed by atoms with van der Waals surface area (Å²) in [5, 5.41) is 30.7. The summed E-state index contributed by atoms with van der Waals surface area (Å²) in [6.45, 7) is 2.27. The molecule has 1 aromatic carbocycles. The van der Waals surface area contributed by atoms with Crippen LogP contribution in [0.15, 0.2) is 40.9 Å². The average molecular weight is 432 g/mol. The van der Waals surface area contributed by atoms with Crippen molar-refractivity contribution in [2.75, 3.05) is 19.7 Å². The van der Waals surface area contributed by atoms with Crippen LogP contribution in [0.5, 0.6) is 0 Å². The monoisotopic (exact) mass is 431 g/mol. The first-order chi connectivity index (χ1) is 14.4. The number of carbonyl (C=O) groups excluding carboxylic acids is 2. The Morgan fingerprint density at radius 1 is 1.37 bits per heavy atom. The highest BCUT2D eigenvalue weighted by atomic mass is 32.2. The number of aliphatic hydroxyl groups excluding tert-OH is 1. The van der Waals surface area contributed by atoms with E-state index in [4.69, 9.17) is 14.9 Å². The second-order valence-corrected chi connectivity index (χ2v) is 8.72. The number of nitrogens with zero attached hydrogens (tertiary/aromatic N) is 2. The van der Waals surface area contributed by atoms with Gasteiger partial charge in [-0.15, -0.1) is 11.8 Å². The zero-order valence-corrected chi connectivity index (χ0v) is 17.5. The van der Waals surface area contributed by atoms with E-state index in [1.165, 1.54) is 16.7 Å². The molecule has 1 aromatic rings. The van der Waals surface area contributed by atoms with Gasteiger partial charge in [0.2, 0.25) is 5.91 Å². The summed E-state index contributed by atoms with van der Waals surface area (Å²) in [7, 11) is 0. The van der Waals surface area contributed by atoms with Gasteiger partial charge in [0.15, 0.2) is 6.29 Å². The summed E-state index contributed by atoms with van der Waals surface area (Å²) in [5.41, 5.74) is 1.64. The van der Waals surface area contributed by atoms with Gasteiger partial charge in [0.05, 0.1) is 16.7 Å². The standard InChI is InChI=1S/C21H25N3O5S/c1-13(14-5-3-2-4-6-14)9-18(25)23-20-16(10-22)15-7-8-24(11-17(15)30-20)21(28)29-12-19(26)27/h2-6,13,15,17,19,26-27H,7-9,11-12H2,1H3,(H,23,25). The molecular weight excluding hydrogens is 406 g/mol. The van der Waals surface area contributed by atoms with Crippen LogP contribution in [0.25, 0.3) is 0 Å². The smallest absolute Gasteiger partial charge is 0.409 e. The fourth-order valence-electron chi connectivity index (χ4n) is 3.74. The third kappa shape index (κ3) is 5.33. The maximum Gasteiger partial charge on any atom is 0.409 e. The number of thioether (sulfide) groups is 1. The molecule has 2 aliphatic heterocycles. The number of nitriles is 1. The van der Waals surface area contributed by atoms with E-state index in [-0.39, 0.29) is 23.0 Å². The molecule has 160 valence electrons. The van der Waals surface area contributed by atoms with Crippen LogP contribution < -0.4 is 5.32 Å². The van der Waals surface area contributed by atoms with Crippen molar-refractivity contribution < 1.29 is 24.5 Å². The lowest BCUT2D eigenvalue weighted by Gasteiger charge is -2.33. The minimum atomic E-state index is -1.71. The topological polar surface area (TPSA) is 123 Å². The number of allylic oxidation sites excluding steroid dienone is 1. The Morgan fingerprint density at radius 3 is 2.77 bits per heavy atom. The Bertz CT molecular complexity index is 852.